The molecule has 2 aromatic heterocycles. The van der Waals surface area contributed by atoms with E-state index in [9.17, 15) is 9.59 Å². The monoisotopic (exact) mass is 486 g/mol. The van der Waals surface area contributed by atoms with Crippen LogP contribution in [-0.2, 0) is 17.6 Å². The van der Waals surface area contributed by atoms with Crippen molar-refractivity contribution < 1.29 is 19.1 Å². The van der Waals surface area contributed by atoms with E-state index in [1.165, 1.54) is 18.4 Å². The second-order valence-corrected chi connectivity index (χ2v) is 9.50. The number of anilines is 1. The maximum absolute atomic E-state index is 13.6. The highest BCUT2D eigenvalue weighted by Crippen LogP contribution is 2.39. The summed E-state index contributed by atoms with van der Waals surface area (Å²) in [5, 5.41) is 4.33. The third-order valence-electron chi connectivity index (χ3n) is 6.21. The Bertz CT molecular complexity index is 1410. The van der Waals surface area contributed by atoms with Crippen molar-refractivity contribution in [2.45, 2.75) is 32.6 Å². The Balaban J connectivity index is 1.55. The van der Waals surface area contributed by atoms with Crippen LogP contribution in [0.5, 0.6) is 5.75 Å². The molecule has 0 aliphatic heterocycles. The van der Waals surface area contributed by atoms with Crippen LogP contribution < -0.4 is 10.1 Å². The van der Waals surface area contributed by atoms with Gasteiger partial charge in [0.05, 0.1) is 36.1 Å². The number of carbonyl (C=O) groups excluding carboxylic acids is 2. The minimum absolute atomic E-state index is 0.278. The fraction of sp³-hybridized carbons (Fsp3) is 0.250. The smallest absolute Gasteiger partial charge is 0.341 e. The summed E-state index contributed by atoms with van der Waals surface area (Å²) < 4.78 is 10.6. The molecule has 0 fully saturated rings. The van der Waals surface area contributed by atoms with Crippen molar-refractivity contribution in [2.24, 2.45) is 0 Å². The number of hydrogen-bond acceptors (Lipinski definition) is 6. The van der Waals surface area contributed by atoms with Gasteiger partial charge in [0.1, 0.15) is 10.8 Å². The van der Waals surface area contributed by atoms with Crippen LogP contribution in [0.15, 0.2) is 54.6 Å². The van der Waals surface area contributed by atoms with Gasteiger partial charge < -0.3 is 14.8 Å². The van der Waals surface area contributed by atoms with Crippen LogP contribution in [0, 0.1) is 0 Å². The first-order valence-corrected chi connectivity index (χ1v) is 12.6. The van der Waals surface area contributed by atoms with Gasteiger partial charge in [-0.2, -0.15) is 0 Å². The van der Waals surface area contributed by atoms with E-state index in [0.717, 1.165) is 58.3 Å². The minimum Gasteiger partial charge on any atom is -0.494 e. The van der Waals surface area contributed by atoms with E-state index in [1.54, 1.807) is 6.07 Å². The summed E-state index contributed by atoms with van der Waals surface area (Å²) in [7, 11) is 1.38. The van der Waals surface area contributed by atoms with Crippen LogP contribution in [0.2, 0.25) is 0 Å². The van der Waals surface area contributed by atoms with E-state index in [0.29, 0.717) is 28.4 Å². The largest absolute Gasteiger partial charge is 0.494 e. The summed E-state index contributed by atoms with van der Waals surface area (Å²) in [5.41, 5.74) is 4.30. The summed E-state index contributed by atoms with van der Waals surface area (Å²) in [6, 6.07) is 17.1. The van der Waals surface area contributed by atoms with Gasteiger partial charge in [-0.05, 0) is 74.6 Å². The molecule has 0 saturated carbocycles. The number of amides is 1. The quantitative estimate of drug-likeness (QED) is 0.325. The predicted molar refractivity (Wildman–Crippen MR) is 139 cm³/mol. The zero-order valence-corrected chi connectivity index (χ0v) is 20.5. The number of esters is 1. The van der Waals surface area contributed by atoms with E-state index in [2.05, 4.69) is 5.32 Å². The molecule has 1 aliphatic carbocycles. The van der Waals surface area contributed by atoms with Crippen molar-refractivity contribution in [1.29, 1.82) is 0 Å². The Morgan fingerprint density at radius 1 is 1.06 bits per heavy atom. The van der Waals surface area contributed by atoms with E-state index >= 15 is 0 Å². The van der Waals surface area contributed by atoms with E-state index < -0.39 is 5.97 Å². The molecular formula is C28H26N2O4S. The number of hydrogen-bond donors (Lipinski definition) is 1. The van der Waals surface area contributed by atoms with Crippen molar-refractivity contribution in [1.82, 2.24) is 4.98 Å². The van der Waals surface area contributed by atoms with Crippen molar-refractivity contribution >= 4 is 39.1 Å². The fourth-order valence-electron chi connectivity index (χ4n) is 4.54. The SMILES string of the molecule is CCOc1ccc(-c2cc(C(=O)Nc3sc4c(c3C(=O)OC)CCCC4)c3ccccc3n2)cc1. The van der Waals surface area contributed by atoms with E-state index in [1.807, 2.05) is 55.5 Å². The van der Waals surface area contributed by atoms with E-state index in [4.69, 9.17) is 14.5 Å². The summed E-state index contributed by atoms with van der Waals surface area (Å²) in [4.78, 5) is 32.2. The van der Waals surface area contributed by atoms with Gasteiger partial charge >= 0.3 is 5.97 Å². The summed E-state index contributed by atoms with van der Waals surface area (Å²) >= 11 is 1.48. The number of methoxy groups -OCH3 is 1. The number of nitrogens with one attached hydrogen (secondary N) is 1. The molecule has 0 unspecified atom stereocenters. The molecule has 6 nitrogen and oxygen atoms in total. The molecular weight excluding hydrogens is 460 g/mol. The van der Waals surface area contributed by atoms with Crippen molar-refractivity contribution in [3.8, 4) is 17.0 Å². The number of benzene rings is 2. The molecule has 1 amide bonds. The molecule has 35 heavy (non-hydrogen) atoms. The second-order valence-electron chi connectivity index (χ2n) is 8.39. The average molecular weight is 487 g/mol. The maximum atomic E-state index is 13.6. The topological polar surface area (TPSA) is 77.5 Å². The molecule has 0 saturated heterocycles. The third kappa shape index (κ3) is 4.51. The molecule has 5 rings (SSSR count). The highest BCUT2D eigenvalue weighted by atomic mass is 32.1. The Morgan fingerprint density at radius 3 is 2.60 bits per heavy atom. The maximum Gasteiger partial charge on any atom is 0.341 e. The van der Waals surface area contributed by atoms with Gasteiger partial charge in [0.15, 0.2) is 0 Å². The van der Waals surface area contributed by atoms with Crippen molar-refractivity contribution in [3.05, 3.63) is 76.2 Å². The fourth-order valence-corrected chi connectivity index (χ4v) is 5.81. The molecule has 0 bridgehead atoms. The van der Waals surface area contributed by atoms with Crippen LogP contribution in [0.3, 0.4) is 0 Å². The number of para-hydroxylation sites is 1. The number of pyridine rings is 1. The highest BCUT2D eigenvalue weighted by Gasteiger charge is 2.27. The number of nitrogens with zero attached hydrogens (tertiary/aromatic N) is 1. The standard InChI is InChI=1S/C28H26N2O4S/c1-3-34-18-14-12-17(13-15-18)23-16-21(19-8-4-6-10-22(19)29-23)26(31)30-27-25(28(32)33-2)20-9-5-7-11-24(20)35-27/h4,6,8,10,12-16H,3,5,7,9,11H2,1-2H3,(H,30,31). The first-order chi connectivity index (χ1) is 17.1. The molecule has 4 aromatic rings. The van der Waals surface area contributed by atoms with Crippen LogP contribution in [-0.4, -0.2) is 30.6 Å². The highest BCUT2D eigenvalue weighted by molar-refractivity contribution is 7.17. The van der Waals surface area contributed by atoms with Gasteiger partial charge in [-0.1, -0.05) is 18.2 Å². The van der Waals surface area contributed by atoms with Crippen LogP contribution >= 0.6 is 11.3 Å². The number of rotatable bonds is 6. The lowest BCUT2D eigenvalue weighted by molar-refractivity contribution is 0.0601. The predicted octanol–water partition coefficient (Wildman–Crippen LogP) is 6.28. The van der Waals surface area contributed by atoms with Gasteiger partial charge in [-0.25, -0.2) is 9.78 Å². The normalized spacial score (nSPS) is 12.7. The lowest BCUT2D eigenvalue weighted by atomic mass is 9.95. The molecule has 2 aromatic carbocycles. The lowest BCUT2D eigenvalue weighted by Crippen LogP contribution is -2.16. The van der Waals surface area contributed by atoms with E-state index in [-0.39, 0.29) is 5.91 Å². The summed E-state index contributed by atoms with van der Waals surface area (Å²) in [6.45, 7) is 2.54. The Labute approximate surface area is 207 Å². The van der Waals surface area contributed by atoms with Gasteiger partial charge in [-0.3, -0.25) is 4.79 Å². The molecule has 1 N–H and O–H groups in total. The average Bonchev–Trinajstić information content (AvgIpc) is 3.26. The number of ether oxygens (including phenoxy) is 2. The van der Waals surface area contributed by atoms with Crippen LogP contribution in [0.25, 0.3) is 22.2 Å². The number of aryl methyl sites for hydroxylation is 1. The Hall–Kier alpha value is -3.71. The van der Waals surface area contributed by atoms with Crippen LogP contribution in [0.4, 0.5) is 5.00 Å². The summed E-state index contributed by atoms with van der Waals surface area (Å²) in [6.07, 6.45) is 3.86. The number of fused-ring (bicyclic) bond motifs is 2. The number of carbonyl (C=O) groups is 2. The molecule has 178 valence electrons. The zero-order chi connectivity index (χ0) is 24.4. The van der Waals surface area contributed by atoms with Crippen molar-refractivity contribution in [2.75, 3.05) is 19.0 Å². The molecule has 1 aliphatic rings. The van der Waals surface area contributed by atoms with Gasteiger partial charge in [0, 0.05) is 15.8 Å². The Morgan fingerprint density at radius 2 is 1.83 bits per heavy atom. The van der Waals surface area contributed by atoms with Gasteiger partial charge in [-0.15, -0.1) is 11.3 Å². The lowest BCUT2D eigenvalue weighted by Gasteiger charge is -2.12. The summed E-state index contributed by atoms with van der Waals surface area (Å²) in [5.74, 6) is 0.0981. The molecule has 7 heteroatoms. The van der Waals surface area contributed by atoms with Gasteiger partial charge in [0.25, 0.3) is 5.91 Å². The molecule has 0 radical (unpaired) electrons. The first kappa shape index (κ1) is 23.1. The van der Waals surface area contributed by atoms with Gasteiger partial charge in [0.2, 0.25) is 0 Å². The third-order valence-corrected chi connectivity index (χ3v) is 7.42. The van der Waals surface area contributed by atoms with Crippen molar-refractivity contribution in [3.63, 3.8) is 0 Å². The second kappa shape index (κ2) is 9.88. The molecule has 0 spiro atoms. The number of aromatic nitrogens is 1. The molecule has 2 heterocycles. The Kier molecular flexibility index (Phi) is 6.51. The minimum atomic E-state index is -0.408. The first-order valence-electron chi connectivity index (χ1n) is 11.8. The number of thiophene rings is 1. The molecule has 0 atom stereocenters. The zero-order valence-electron chi connectivity index (χ0n) is 19.7. The van der Waals surface area contributed by atoms with Crippen LogP contribution in [0.1, 0.15) is 50.9 Å².